The molecule has 10 nitrogen and oxygen atoms in total. The van der Waals surface area contributed by atoms with Gasteiger partial charge in [0.15, 0.2) is 5.69 Å². The van der Waals surface area contributed by atoms with Gasteiger partial charge in [-0.05, 0) is 43.2 Å². The summed E-state index contributed by atoms with van der Waals surface area (Å²) in [5.41, 5.74) is 0.937. The molecule has 3 atom stereocenters. The normalized spacial score (nSPS) is 13.4. The van der Waals surface area contributed by atoms with E-state index >= 15 is 0 Å². The fourth-order valence-corrected chi connectivity index (χ4v) is 3.58. The predicted octanol–water partition coefficient (Wildman–Crippen LogP) is 3.45. The monoisotopic (exact) mass is 562 g/mol. The largest absolute Gasteiger partial charge is 0.624 e. The Morgan fingerprint density at radius 3 is 2.23 bits per heavy atom. The Morgan fingerprint density at radius 2 is 1.70 bits per heavy atom. The smallest absolute Gasteiger partial charge is 0.404 e. The zero-order valence-electron chi connectivity index (χ0n) is 22.9. The predicted molar refractivity (Wildman–Crippen MR) is 146 cm³/mol. The van der Waals surface area contributed by atoms with Crippen LogP contribution in [0.25, 0.3) is 0 Å². The molecule has 40 heavy (non-hydrogen) atoms. The lowest BCUT2D eigenvalue weighted by atomic mass is 9.99. The third-order valence-electron chi connectivity index (χ3n) is 5.69. The number of hydroxylamine groups is 2. The van der Waals surface area contributed by atoms with Crippen LogP contribution < -0.4 is 15.3 Å². The van der Waals surface area contributed by atoms with Crippen LogP contribution in [-0.2, 0) is 0 Å². The van der Waals surface area contributed by atoms with E-state index < -0.39 is 40.4 Å². The molecule has 3 unspecified atom stereocenters. The second-order valence-electron chi connectivity index (χ2n) is 9.67. The number of quaternary nitrogens is 1. The number of aliphatic hydroxyl groups excluding tert-OH is 2. The van der Waals surface area contributed by atoms with E-state index in [0.29, 0.717) is 17.5 Å². The maximum Gasteiger partial charge on any atom is 0.404 e. The molecule has 2 aromatic carbocycles. The highest BCUT2D eigenvalue weighted by atomic mass is 19.1. The number of hydrogen-bond acceptors (Lipinski definition) is 7. The SMILES string of the molecule is CCCCC(NC(=O)c1ccccc1)C(O)C(O)CNC(=O)c1coc([N+](C)(C)[O-])n1.Cc1cc(F)cc(F)c1. The molecule has 1 heterocycles. The number of carbonyl (C=O) groups is 2. The van der Waals surface area contributed by atoms with Crippen LogP contribution in [0.5, 0.6) is 0 Å². The van der Waals surface area contributed by atoms with E-state index in [0.717, 1.165) is 25.2 Å². The highest BCUT2D eigenvalue weighted by molar-refractivity contribution is 5.94. The Hall–Kier alpha value is -3.71. The van der Waals surface area contributed by atoms with Gasteiger partial charge in [0.25, 0.3) is 11.8 Å². The van der Waals surface area contributed by atoms with E-state index in [1.54, 1.807) is 37.3 Å². The van der Waals surface area contributed by atoms with Crippen molar-refractivity contribution in [2.45, 2.75) is 51.4 Å². The molecule has 2 amide bonds. The quantitative estimate of drug-likeness (QED) is 0.207. The first-order valence-electron chi connectivity index (χ1n) is 12.8. The summed E-state index contributed by atoms with van der Waals surface area (Å²) in [5, 5.41) is 38.0. The highest BCUT2D eigenvalue weighted by Crippen LogP contribution is 2.16. The molecule has 0 bridgehead atoms. The Bertz CT molecular complexity index is 1180. The van der Waals surface area contributed by atoms with Crippen molar-refractivity contribution in [3.63, 3.8) is 0 Å². The molecule has 0 aliphatic heterocycles. The number of unbranched alkanes of at least 4 members (excludes halogenated alkanes) is 1. The van der Waals surface area contributed by atoms with Gasteiger partial charge in [0.1, 0.15) is 24.0 Å². The molecule has 3 aromatic rings. The Balaban J connectivity index is 0.000000526. The fourth-order valence-electron chi connectivity index (χ4n) is 3.58. The van der Waals surface area contributed by atoms with Crippen molar-refractivity contribution >= 4 is 17.8 Å². The second kappa shape index (κ2) is 15.2. The van der Waals surface area contributed by atoms with Crippen LogP contribution in [0, 0.1) is 23.8 Å². The van der Waals surface area contributed by atoms with E-state index in [2.05, 4.69) is 15.6 Å². The van der Waals surface area contributed by atoms with E-state index in [-0.39, 0.29) is 24.2 Å². The van der Waals surface area contributed by atoms with Crippen molar-refractivity contribution in [3.05, 3.63) is 88.5 Å². The highest BCUT2D eigenvalue weighted by Gasteiger charge is 2.29. The fraction of sp³-hybridized carbons (Fsp3) is 0.393. The van der Waals surface area contributed by atoms with Crippen LogP contribution >= 0.6 is 0 Å². The van der Waals surface area contributed by atoms with Gasteiger partial charge in [0, 0.05) is 18.2 Å². The summed E-state index contributed by atoms with van der Waals surface area (Å²) in [5.74, 6) is -2.06. The number of benzene rings is 2. The van der Waals surface area contributed by atoms with Crippen molar-refractivity contribution in [3.8, 4) is 0 Å². The van der Waals surface area contributed by atoms with E-state index in [9.17, 15) is 33.8 Å². The van der Waals surface area contributed by atoms with Crippen molar-refractivity contribution in [1.29, 1.82) is 0 Å². The van der Waals surface area contributed by atoms with Crippen molar-refractivity contribution in [2.24, 2.45) is 0 Å². The summed E-state index contributed by atoms with van der Waals surface area (Å²) in [7, 11) is 2.60. The lowest BCUT2D eigenvalue weighted by molar-refractivity contribution is -0.00401. The number of halogens is 2. The van der Waals surface area contributed by atoms with Gasteiger partial charge in [-0.25, -0.2) is 8.78 Å². The van der Waals surface area contributed by atoms with Gasteiger partial charge in [-0.2, -0.15) is 4.98 Å². The molecule has 0 fully saturated rings. The number of aryl methyl sites for hydroxylation is 1. The number of aromatic nitrogens is 1. The first kappa shape index (κ1) is 32.5. The second-order valence-corrected chi connectivity index (χ2v) is 9.67. The Morgan fingerprint density at radius 1 is 1.07 bits per heavy atom. The van der Waals surface area contributed by atoms with E-state index in [1.807, 2.05) is 6.92 Å². The number of aliphatic hydroxyl groups is 2. The lowest BCUT2D eigenvalue weighted by Gasteiger charge is -2.28. The summed E-state index contributed by atoms with van der Waals surface area (Å²) in [6.07, 6.45) is 0.464. The average molecular weight is 563 g/mol. The summed E-state index contributed by atoms with van der Waals surface area (Å²) in [6.45, 7) is 3.35. The third-order valence-corrected chi connectivity index (χ3v) is 5.69. The molecule has 3 rings (SSSR count). The molecule has 12 heteroatoms. The summed E-state index contributed by atoms with van der Waals surface area (Å²) < 4.78 is 28.4. The third kappa shape index (κ3) is 10.5. The first-order valence-corrected chi connectivity index (χ1v) is 12.8. The lowest BCUT2D eigenvalue weighted by Crippen LogP contribution is -2.51. The van der Waals surface area contributed by atoms with Gasteiger partial charge < -0.3 is 30.5 Å². The molecular formula is C28H36F2N4O6. The van der Waals surface area contributed by atoms with Crippen LogP contribution in [0.1, 0.15) is 52.6 Å². The number of rotatable bonds is 11. The van der Waals surface area contributed by atoms with Gasteiger partial charge in [-0.1, -0.05) is 38.0 Å². The summed E-state index contributed by atoms with van der Waals surface area (Å²) in [4.78, 5) is 28.5. The van der Waals surface area contributed by atoms with Crippen molar-refractivity contribution in [1.82, 2.24) is 20.3 Å². The molecule has 218 valence electrons. The van der Waals surface area contributed by atoms with Crippen LogP contribution in [0.3, 0.4) is 0 Å². The van der Waals surface area contributed by atoms with Gasteiger partial charge >= 0.3 is 6.01 Å². The van der Waals surface area contributed by atoms with Gasteiger partial charge in [0.05, 0.1) is 26.2 Å². The van der Waals surface area contributed by atoms with Gasteiger partial charge in [0.2, 0.25) is 0 Å². The zero-order chi connectivity index (χ0) is 29.9. The molecule has 0 saturated carbocycles. The number of hydrogen-bond donors (Lipinski definition) is 4. The molecule has 0 saturated heterocycles. The maximum atomic E-state index is 12.5. The number of nitrogens with one attached hydrogen (secondary N) is 2. The molecule has 0 aliphatic carbocycles. The molecule has 0 spiro atoms. The standard InChI is InChI=1S/C21H30N4O6.C7H6F2/c1-4-5-11-15(23-19(28)14-9-7-6-8-10-14)18(27)17(26)12-22-20(29)16-13-31-21(24-16)25(2,3)30;1-5-2-6(8)4-7(9)3-5/h6-10,13,15,17-18,26-27H,4-5,11-12H2,1-3H3,(H,22,29)(H,23,28);2-4H,1H3. The topological polar surface area (TPSA) is 148 Å². The van der Waals surface area contributed by atoms with Gasteiger partial charge in [-0.3, -0.25) is 14.2 Å². The molecule has 1 aromatic heterocycles. The van der Waals surface area contributed by atoms with Crippen molar-refractivity contribution < 1.29 is 33.0 Å². The molecule has 4 N–H and O–H groups in total. The molecular weight excluding hydrogens is 526 g/mol. The van der Waals surface area contributed by atoms with Crippen LogP contribution in [0.15, 0.2) is 59.2 Å². The maximum absolute atomic E-state index is 12.5. The Labute approximate surface area is 231 Å². The van der Waals surface area contributed by atoms with Crippen LogP contribution in [-0.4, -0.2) is 65.9 Å². The van der Waals surface area contributed by atoms with E-state index in [1.165, 1.54) is 26.2 Å². The Kier molecular flexibility index (Phi) is 12.3. The zero-order valence-corrected chi connectivity index (χ0v) is 22.9. The minimum Gasteiger partial charge on any atom is -0.624 e. The minimum absolute atomic E-state index is 0.112. The summed E-state index contributed by atoms with van der Waals surface area (Å²) >= 11 is 0. The summed E-state index contributed by atoms with van der Waals surface area (Å²) in [6, 6.07) is 11.1. The number of nitrogens with zero attached hydrogens (tertiary/aromatic N) is 2. The minimum atomic E-state index is -1.33. The number of amides is 2. The van der Waals surface area contributed by atoms with E-state index in [4.69, 9.17) is 4.42 Å². The first-order chi connectivity index (χ1) is 18.8. The van der Waals surface area contributed by atoms with Crippen LogP contribution in [0.4, 0.5) is 14.8 Å². The molecule has 0 radical (unpaired) electrons. The average Bonchev–Trinajstić information content (AvgIpc) is 3.40. The number of oxazole rings is 1. The van der Waals surface area contributed by atoms with Gasteiger partial charge in [-0.15, -0.1) is 0 Å². The van der Waals surface area contributed by atoms with Crippen molar-refractivity contribution in [2.75, 3.05) is 20.6 Å². The molecule has 0 aliphatic rings. The number of carbonyl (C=O) groups excluding carboxylic acids is 2. The van der Waals surface area contributed by atoms with Crippen LogP contribution in [0.2, 0.25) is 0 Å².